The summed E-state index contributed by atoms with van der Waals surface area (Å²) >= 11 is 1.46. The maximum atomic E-state index is 13.0. The minimum Gasteiger partial charge on any atom is -0.378 e. The van der Waals surface area contributed by atoms with Gasteiger partial charge in [0, 0.05) is 35.3 Å². The van der Waals surface area contributed by atoms with E-state index in [1.165, 1.54) is 29.5 Å². The molecule has 0 radical (unpaired) electrons. The molecule has 0 unspecified atom stereocenters. The molecule has 1 aliphatic heterocycles. The summed E-state index contributed by atoms with van der Waals surface area (Å²) in [5.74, 6) is -0.337. The summed E-state index contributed by atoms with van der Waals surface area (Å²) in [4.78, 5) is 19.2. The molecule has 0 aliphatic carbocycles. The number of thiazole rings is 1. The van der Waals surface area contributed by atoms with Crippen LogP contribution in [0.15, 0.2) is 60.0 Å². The van der Waals surface area contributed by atoms with Gasteiger partial charge in [-0.15, -0.1) is 11.3 Å². The van der Waals surface area contributed by atoms with Crippen molar-refractivity contribution in [2.24, 2.45) is 0 Å². The number of benzene rings is 2. The highest BCUT2D eigenvalue weighted by atomic mass is 32.1. The zero-order valence-corrected chi connectivity index (χ0v) is 16.0. The lowest BCUT2D eigenvalue weighted by Crippen LogP contribution is -2.36. The highest BCUT2D eigenvalue weighted by Crippen LogP contribution is 2.24. The number of hydrogen-bond donors (Lipinski definition) is 0. The van der Waals surface area contributed by atoms with Crippen LogP contribution in [0, 0.1) is 5.82 Å². The third-order valence-corrected chi connectivity index (χ3v) is 5.46. The Kier molecular flexibility index (Phi) is 5.60. The van der Waals surface area contributed by atoms with Gasteiger partial charge < -0.3 is 9.64 Å². The van der Waals surface area contributed by atoms with Gasteiger partial charge in [-0.2, -0.15) is 0 Å². The normalized spacial score (nSPS) is 14.5. The van der Waals surface area contributed by atoms with Gasteiger partial charge in [0.25, 0.3) is 0 Å². The number of carbonyl (C=O) groups is 1. The second-order valence-electron chi connectivity index (χ2n) is 6.43. The Hall–Kier alpha value is -2.83. The van der Waals surface area contributed by atoms with Gasteiger partial charge >= 0.3 is 0 Å². The van der Waals surface area contributed by atoms with Gasteiger partial charge in [0.15, 0.2) is 5.78 Å². The Balaban J connectivity index is 1.42. The summed E-state index contributed by atoms with van der Waals surface area (Å²) in [6.07, 6.45) is 3.25. The number of ether oxygens (including phenoxy) is 1. The van der Waals surface area contributed by atoms with Crippen molar-refractivity contribution < 1.29 is 13.9 Å². The average Bonchev–Trinajstić information content (AvgIpc) is 3.22. The average molecular weight is 394 g/mol. The van der Waals surface area contributed by atoms with Crippen LogP contribution in [0.4, 0.5) is 10.1 Å². The van der Waals surface area contributed by atoms with Crippen molar-refractivity contribution in [3.05, 3.63) is 77.1 Å². The van der Waals surface area contributed by atoms with E-state index in [-0.39, 0.29) is 11.6 Å². The van der Waals surface area contributed by atoms with Gasteiger partial charge in [0.2, 0.25) is 0 Å². The lowest BCUT2D eigenvalue weighted by atomic mass is 10.1. The highest BCUT2D eigenvalue weighted by molar-refractivity contribution is 7.13. The van der Waals surface area contributed by atoms with Crippen LogP contribution >= 0.6 is 11.3 Å². The molecule has 0 spiro atoms. The van der Waals surface area contributed by atoms with Crippen molar-refractivity contribution in [3.63, 3.8) is 0 Å². The smallest absolute Gasteiger partial charge is 0.185 e. The van der Waals surface area contributed by atoms with E-state index in [0.29, 0.717) is 11.3 Å². The number of nitrogens with zero attached hydrogens (tertiary/aromatic N) is 2. The number of morpholine rings is 1. The number of anilines is 1. The van der Waals surface area contributed by atoms with Crippen LogP contribution in [0.2, 0.25) is 0 Å². The summed E-state index contributed by atoms with van der Waals surface area (Å²) in [5.41, 5.74) is 3.31. The third-order valence-electron chi connectivity index (χ3n) is 4.55. The van der Waals surface area contributed by atoms with Crippen LogP contribution in [0.3, 0.4) is 0 Å². The number of aromatic nitrogens is 1. The van der Waals surface area contributed by atoms with Crippen molar-refractivity contribution in [1.82, 2.24) is 4.98 Å². The molecule has 1 saturated heterocycles. The number of allylic oxidation sites excluding steroid dienone is 1. The van der Waals surface area contributed by atoms with E-state index < -0.39 is 0 Å². The lowest BCUT2D eigenvalue weighted by Gasteiger charge is -2.28. The number of halogens is 1. The van der Waals surface area contributed by atoms with Crippen LogP contribution in [0.25, 0.3) is 16.6 Å². The fourth-order valence-electron chi connectivity index (χ4n) is 3.00. The van der Waals surface area contributed by atoms with Crippen molar-refractivity contribution in [3.8, 4) is 10.6 Å². The molecule has 0 amide bonds. The molecule has 3 aromatic rings. The van der Waals surface area contributed by atoms with Crippen LogP contribution in [0.5, 0.6) is 0 Å². The van der Waals surface area contributed by atoms with Gasteiger partial charge in [0.1, 0.15) is 10.8 Å². The van der Waals surface area contributed by atoms with E-state index in [0.717, 1.165) is 42.6 Å². The Bertz CT molecular complexity index is 975. The van der Waals surface area contributed by atoms with Crippen LogP contribution < -0.4 is 4.90 Å². The van der Waals surface area contributed by atoms with Crippen molar-refractivity contribution >= 4 is 28.9 Å². The molecule has 0 saturated carbocycles. The molecule has 4 nitrogen and oxygen atoms in total. The fourth-order valence-corrected chi connectivity index (χ4v) is 3.80. The van der Waals surface area contributed by atoms with E-state index in [1.807, 2.05) is 29.6 Å². The summed E-state index contributed by atoms with van der Waals surface area (Å²) in [7, 11) is 0. The zero-order valence-electron chi connectivity index (χ0n) is 15.2. The zero-order chi connectivity index (χ0) is 19.3. The Morgan fingerprint density at radius 2 is 1.79 bits per heavy atom. The Morgan fingerprint density at radius 1 is 1.07 bits per heavy atom. The first-order valence-corrected chi connectivity index (χ1v) is 9.94. The van der Waals surface area contributed by atoms with Gasteiger partial charge in [-0.1, -0.05) is 0 Å². The molecule has 142 valence electrons. The number of ketones is 1. The van der Waals surface area contributed by atoms with E-state index in [4.69, 9.17) is 4.74 Å². The van der Waals surface area contributed by atoms with E-state index in [1.54, 1.807) is 18.2 Å². The monoisotopic (exact) mass is 394 g/mol. The highest BCUT2D eigenvalue weighted by Gasteiger charge is 2.11. The summed E-state index contributed by atoms with van der Waals surface area (Å²) in [6, 6.07) is 13.9. The maximum Gasteiger partial charge on any atom is 0.185 e. The molecule has 4 rings (SSSR count). The maximum absolute atomic E-state index is 13.0. The summed E-state index contributed by atoms with van der Waals surface area (Å²) in [5, 5.41) is 2.67. The van der Waals surface area contributed by atoms with Gasteiger partial charge in [-0.05, 0) is 60.7 Å². The molecular formula is C22H19FN2O2S. The van der Waals surface area contributed by atoms with E-state index in [9.17, 15) is 9.18 Å². The predicted octanol–water partition coefficient (Wildman–Crippen LogP) is 4.68. The number of rotatable bonds is 5. The molecule has 1 aromatic heterocycles. The minimum absolute atomic E-state index is 0.0649. The quantitative estimate of drug-likeness (QED) is 0.465. The van der Waals surface area contributed by atoms with Gasteiger partial charge in [-0.3, -0.25) is 4.79 Å². The summed E-state index contributed by atoms with van der Waals surface area (Å²) < 4.78 is 18.4. The first-order valence-electron chi connectivity index (χ1n) is 9.06. The van der Waals surface area contributed by atoms with E-state index in [2.05, 4.69) is 9.88 Å². The molecule has 6 heteroatoms. The largest absolute Gasteiger partial charge is 0.378 e. The standard InChI is InChI=1S/C22H19FN2O2S/c23-18-5-1-17(2-6-18)22-24-19(15-28-22)7-10-21(26)16-3-8-20(9-4-16)25-11-13-27-14-12-25/h1-10,15H,11-14H2/b10-7+. The second-order valence-corrected chi connectivity index (χ2v) is 7.29. The minimum atomic E-state index is -0.273. The lowest BCUT2D eigenvalue weighted by molar-refractivity contribution is 0.104. The van der Waals surface area contributed by atoms with Crippen LogP contribution in [0.1, 0.15) is 16.1 Å². The van der Waals surface area contributed by atoms with Gasteiger partial charge in [0.05, 0.1) is 18.9 Å². The predicted molar refractivity (Wildman–Crippen MR) is 110 cm³/mol. The number of hydrogen-bond acceptors (Lipinski definition) is 5. The first-order chi connectivity index (χ1) is 13.7. The molecule has 0 bridgehead atoms. The Labute approximate surface area is 166 Å². The molecular weight excluding hydrogens is 375 g/mol. The SMILES string of the molecule is O=C(/C=C/c1csc(-c2ccc(F)cc2)n1)c1ccc(N2CCOCC2)cc1. The number of carbonyl (C=O) groups excluding carboxylic acids is 1. The molecule has 1 fully saturated rings. The van der Waals surface area contributed by atoms with E-state index >= 15 is 0 Å². The third kappa shape index (κ3) is 4.35. The van der Waals surface area contributed by atoms with Crippen molar-refractivity contribution in [2.75, 3.05) is 31.2 Å². The van der Waals surface area contributed by atoms with Crippen molar-refractivity contribution in [1.29, 1.82) is 0 Å². The van der Waals surface area contributed by atoms with Crippen molar-refractivity contribution in [2.45, 2.75) is 0 Å². The first kappa shape index (κ1) is 18.5. The molecule has 2 heterocycles. The summed E-state index contributed by atoms with van der Waals surface area (Å²) in [6.45, 7) is 3.20. The Morgan fingerprint density at radius 3 is 2.50 bits per heavy atom. The molecule has 28 heavy (non-hydrogen) atoms. The molecule has 1 aliphatic rings. The fraction of sp³-hybridized carbons (Fsp3) is 0.182. The molecule has 0 N–H and O–H groups in total. The van der Waals surface area contributed by atoms with Crippen LogP contribution in [-0.4, -0.2) is 37.1 Å². The topological polar surface area (TPSA) is 42.4 Å². The molecule has 2 aromatic carbocycles. The second kappa shape index (κ2) is 8.46. The molecule has 0 atom stereocenters. The van der Waals surface area contributed by atoms with Gasteiger partial charge in [-0.25, -0.2) is 9.37 Å². The van der Waals surface area contributed by atoms with Crippen LogP contribution in [-0.2, 0) is 4.74 Å².